The van der Waals surface area contributed by atoms with Crippen LogP contribution in [0.15, 0.2) is 23.1 Å². The van der Waals surface area contributed by atoms with Gasteiger partial charge in [0.15, 0.2) is 0 Å². The van der Waals surface area contributed by atoms with Crippen LogP contribution in [0.4, 0.5) is 19.0 Å². The van der Waals surface area contributed by atoms with E-state index in [0.717, 1.165) is 25.1 Å². The highest BCUT2D eigenvalue weighted by Crippen LogP contribution is 2.41. The average Bonchev–Trinajstić information content (AvgIpc) is 3.04. The fourth-order valence-corrected chi connectivity index (χ4v) is 5.12. The van der Waals surface area contributed by atoms with Crippen LogP contribution < -0.4 is 10.6 Å². The minimum Gasteiger partial charge on any atom is -0.366 e. The van der Waals surface area contributed by atoms with Crippen molar-refractivity contribution in [3.05, 3.63) is 21.9 Å². The Bertz CT molecular complexity index is 763. The van der Waals surface area contributed by atoms with E-state index in [2.05, 4.69) is 15.7 Å². The predicted molar refractivity (Wildman–Crippen MR) is 96.4 cm³/mol. The zero-order valence-electron chi connectivity index (χ0n) is 12.6. The first-order valence-electron chi connectivity index (χ1n) is 7.86. The molecule has 2 saturated heterocycles. The molecule has 0 radical (unpaired) electrons. The maximum atomic E-state index is 12.8. The molecule has 24 heavy (non-hydrogen) atoms. The van der Waals surface area contributed by atoms with Gasteiger partial charge in [0, 0.05) is 18.1 Å². The van der Waals surface area contributed by atoms with Crippen LogP contribution in [0.5, 0.6) is 0 Å². The first-order chi connectivity index (χ1) is 11.4. The second-order valence-corrected chi connectivity index (χ2v) is 8.35. The molecule has 2 fully saturated rings. The molecule has 9 heteroatoms. The molecule has 4 heterocycles. The highest BCUT2D eigenvalue weighted by Gasteiger charge is 2.36. The number of hydrogen-bond donors (Lipinski definition) is 2. The smallest absolute Gasteiger partial charge is 0.366 e. The maximum absolute atomic E-state index is 12.8. The van der Waals surface area contributed by atoms with E-state index in [9.17, 15) is 13.2 Å². The third-order valence-corrected chi connectivity index (χ3v) is 6.67. The van der Waals surface area contributed by atoms with Crippen molar-refractivity contribution in [1.82, 2.24) is 14.9 Å². The molecule has 0 unspecified atom stereocenters. The largest absolute Gasteiger partial charge is 0.446 e. The molecule has 2 bridgehead atoms. The van der Waals surface area contributed by atoms with E-state index in [4.69, 9.17) is 0 Å². The summed E-state index contributed by atoms with van der Waals surface area (Å²) in [7, 11) is 0. The Kier molecular flexibility index (Phi) is 4.36. The fourth-order valence-electron chi connectivity index (χ4n) is 3.68. The number of fused-ring (bicyclic) bond motifs is 3. The topological polar surface area (TPSA) is 41.4 Å². The maximum Gasteiger partial charge on any atom is 0.446 e. The summed E-state index contributed by atoms with van der Waals surface area (Å²) in [5, 5.41) is 11.4. The Morgan fingerprint density at radius 2 is 2.04 bits per heavy atom. The lowest BCUT2D eigenvalue weighted by atomic mass is 10.00. The predicted octanol–water partition coefficient (Wildman–Crippen LogP) is 4.25. The fraction of sp³-hybridized carbons (Fsp3) is 0.533. The molecule has 3 atom stereocenters. The van der Waals surface area contributed by atoms with Crippen LogP contribution in [-0.4, -0.2) is 33.2 Å². The molecule has 0 aromatic carbocycles. The van der Waals surface area contributed by atoms with Gasteiger partial charge in [0.1, 0.15) is 9.52 Å². The normalized spacial score (nSPS) is 26.9. The Hall–Kier alpha value is -0.680. The Morgan fingerprint density at radius 3 is 2.83 bits per heavy atom. The number of hydrogen-bond acceptors (Lipinski definition) is 4. The van der Waals surface area contributed by atoms with Crippen molar-refractivity contribution in [1.29, 1.82) is 0 Å². The molecule has 2 aromatic heterocycles. The number of rotatable bonds is 3. The Labute approximate surface area is 155 Å². The van der Waals surface area contributed by atoms with Gasteiger partial charge in [-0.25, -0.2) is 4.52 Å². The van der Waals surface area contributed by atoms with E-state index in [1.807, 2.05) is 28.7 Å². The summed E-state index contributed by atoms with van der Waals surface area (Å²) in [6.45, 7) is 0. The molecule has 0 aliphatic carbocycles. The van der Waals surface area contributed by atoms with Crippen molar-refractivity contribution in [2.75, 3.05) is 5.32 Å². The summed E-state index contributed by atoms with van der Waals surface area (Å²) in [5.41, 5.74) is -3.83. The lowest BCUT2D eigenvalue weighted by Crippen LogP contribution is -2.47. The molecule has 0 saturated carbocycles. The van der Waals surface area contributed by atoms with Crippen LogP contribution in [0.2, 0.25) is 0 Å². The molecular weight excluding hydrogens is 452 g/mol. The van der Waals surface area contributed by atoms with E-state index in [0.29, 0.717) is 21.3 Å². The van der Waals surface area contributed by atoms with Crippen molar-refractivity contribution < 1.29 is 13.2 Å². The van der Waals surface area contributed by atoms with Gasteiger partial charge in [0.25, 0.3) is 0 Å². The first-order valence-corrected chi connectivity index (χ1v) is 9.76. The highest BCUT2D eigenvalue weighted by molar-refractivity contribution is 14.1. The van der Waals surface area contributed by atoms with Gasteiger partial charge in [0.2, 0.25) is 0 Å². The molecule has 0 spiro atoms. The van der Waals surface area contributed by atoms with E-state index >= 15 is 0 Å². The van der Waals surface area contributed by atoms with Crippen LogP contribution in [-0.2, 0) is 0 Å². The average molecular weight is 468 g/mol. The quantitative estimate of drug-likeness (QED) is 0.523. The third kappa shape index (κ3) is 3.22. The van der Waals surface area contributed by atoms with Crippen molar-refractivity contribution in [2.45, 2.75) is 54.2 Å². The number of nitrogens with zero attached hydrogens (tertiary/aromatic N) is 2. The first kappa shape index (κ1) is 16.8. The summed E-state index contributed by atoms with van der Waals surface area (Å²) in [5.74, 6) is 0.747. The van der Waals surface area contributed by atoms with Crippen LogP contribution in [0.3, 0.4) is 0 Å². The van der Waals surface area contributed by atoms with Gasteiger partial charge in [-0.2, -0.15) is 18.3 Å². The second-order valence-electron chi connectivity index (χ2n) is 6.25. The summed E-state index contributed by atoms with van der Waals surface area (Å²) >= 11 is 1.77. The zero-order chi connectivity index (χ0) is 16.9. The summed E-state index contributed by atoms with van der Waals surface area (Å²) in [6, 6.07) is 6.68. The molecular formula is C15H16F3IN4S. The lowest BCUT2D eigenvalue weighted by Gasteiger charge is -2.31. The van der Waals surface area contributed by atoms with Crippen LogP contribution >= 0.6 is 34.4 Å². The van der Waals surface area contributed by atoms with Gasteiger partial charge in [-0.15, -0.1) is 0 Å². The number of aromatic nitrogens is 2. The van der Waals surface area contributed by atoms with E-state index in [-0.39, 0.29) is 22.7 Å². The molecule has 2 aliphatic heterocycles. The number of alkyl halides is 3. The minimum atomic E-state index is -4.32. The summed E-state index contributed by atoms with van der Waals surface area (Å²) in [4.78, 5) is 0.162. The number of thioether (sulfide) groups is 1. The second kappa shape index (κ2) is 6.24. The lowest BCUT2D eigenvalue weighted by molar-refractivity contribution is -0.0328. The molecule has 130 valence electrons. The number of anilines is 1. The van der Waals surface area contributed by atoms with Gasteiger partial charge in [-0.3, -0.25) is 0 Å². The number of piperidine rings is 1. The van der Waals surface area contributed by atoms with Gasteiger partial charge < -0.3 is 10.6 Å². The molecule has 2 aliphatic rings. The van der Waals surface area contributed by atoms with Gasteiger partial charge in [-0.1, -0.05) is 6.07 Å². The number of nitrogens with one attached hydrogen (secondary N) is 2. The van der Waals surface area contributed by atoms with Gasteiger partial charge in [0.05, 0.1) is 10.4 Å². The highest BCUT2D eigenvalue weighted by atomic mass is 127. The minimum absolute atomic E-state index is 0.101. The van der Waals surface area contributed by atoms with Crippen LogP contribution in [0.1, 0.15) is 25.7 Å². The van der Waals surface area contributed by atoms with Gasteiger partial charge in [-0.05, 0) is 72.2 Å². The van der Waals surface area contributed by atoms with Crippen LogP contribution in [0, 0.1) is 3.70 Å². The summed E-state index contributed by atoms with van der Waals surface area (Å²) in [6.07, 6.45) is 4.56. The summed E-state index contributed by atoms with van der Waals surface area (Å²) < 4.78 is 40.4. The number of pyridine rings is 1. The zero-order valence-corrected chi connectivity index (χ0v) is 15.6. The van der Waals surface area contributed by atoms with Gasteiger partial charge >= 0.3 is 5.51 Å². The Balaban J connectivity index is 1.65. The third-order valence-electron chi connectivity index (χ3n) is 4.71. The van der Waals surface area contributed by atoms with Crippen molar-refractivity contribution in [3.8, 4) is 0 Å². The van der Waals surface area contributed by atoms with E-state index in [1.54, 1.807) is 16.6 Å². The van der Waals surface area contributed by atoms with Crippen molar-refractivity contribution in [3.63, 3.8) is 0 Å². The molecule has 2 aromatic rings. The number of halogens is 4. The van der Waals surface area contributed by atoms with Crippen molar-refractivity contribution in [2.24, 2.45) is 0 Å². The monoisotopic (exact) mass is 468 g/mol. The van der Waals surface area contributed by atoms with E-state index < -0.39 is 5.51 Å². The SMILES string of the molecule is FC(F)(F)Sc1c(I)nn2c(N[C@@H]3CC[C@H]4CC[C@H]3N4)cccc12. The molecule has 2 N–H and O–H groups in total. The molecule has 4 nitrogen and oxygen atoms in total. The van der Waals surface area contributed by atoms with E-state index in [1.165, 1.54) is 6.42 Å². The molecule has 4 rings (SSSR count). The van der Waals surface area contributed by atoms with Crippen LogP contribution in [0.25, 0.3) is 5.52 Å². The standard InChI is InChI=1S/C15H16F3IN4S/c16-15(17,18)24-13-11-2-1-3-12(23(11)22-14(13)19)21-10-7-5-8-4-6-9(10)20-8/h1-3,8-10,20-21H,4-7H2/t8-,9-,10-/m1/s1. The Morgan fingerprint density at radius 1 is 1.25 bits per heavy atom. The molecule has 0 amide bonds. The van der Waals surface area contributed by atoms with Crippen molar-refractivity contribution >= 4 is 45.7 Å².